The first-order valence-corrected chi connectivity index (χ1v) is 6.91. The summed E-state index contributed by atoms with van der Waals surface area (Å²) in [5.41, 5.74) is 2.59. The molecule has 0 aliphatic heterocycles. The van der Waals surface area contributed by atoms with Gasteiger partial charge in [0, 0.05) is 7.05 Å². The predicted octanol–water partition coefficient (Wildman–Crippen LogP) is 2.26. The Morgan fingerprint density at radius 1 is 1.40 bits per heavy atom. The van der Waals surface area contributed by atoms with E-state index in [9.17, 15) is 4.79 Å². The van der Waals surface area contributed by atoms with E-state index < -0.39 is 0 Å². The van der Waals surface area contributed by atoms with E-state index in [2.05, 4.69) is 33.4 Å². The van der Waals surface area contributed by atoms with E-state index in [1.54, 1.807) is 11.8 Å². The number of aromatic amines is 1. The second kappa shape index (κ2) is 5.07. The molecule has 0 saturated heterocycles. The lowest BCUT2D eigenvalue weighted by atomic mass is 9.87. The third-order valence-electron chi connectivity index (χ3n) is 3.91. The van der Waals surface area contributed by atoms with Crippen molar-refractivity contribution in [3.8, 4) is 0 Å². The number of carbonyl (C=O) groups excluding carboxylic acids is 1. The number of aryl methyl sites for hydroxylation is 2. The molecule has 0 bridgehead atoms. The van der Waals surface area contributed by atoms with E-state index in [1.807, 2.05) is 13.1 Å². The Morgan fingerprint density at radius 3 is 2.95 bits per heavy atom. The number of nitrogens with one attached hydrogen (secondary N) is 1. The van der Waals surface area contributed by atoms with Gasteiger partial charge in [0.1, 0.15) is 5.82 Å². The molecule has 0 radical (unpaired) electrons. The van der Waals surface area contributed by atoms with Gasteiger partial charge in [-0.25, -0.2) is 4.98 Å². The zero-order valence-electron chi connectivity index (χ0n) is 11.8. The number of aromatic nitrogens is 3. The van der Waals surface area contributed by atoms with Crippen molar-refractivity contribution in [2.45, 2.75) is 32.2 Å². The molecule has 104 valence electrons. The fraction of sp³-hybridized carbons (Fsp3) is 0.400. The average Bonchev–Trinajstić information content (AvgIpc) is 2.91. The first-order valence-electron chi connectivity index (χ1n) is 6.91. The minimum absolute atomic E-state index is 0.117. The summed E-state index contributed by atoms with van der Waals surface area (Å²) in [5.74, 6) is 0.773. The summed E-state index contributed by atoms with van der Waals surface area (Å²) >= 11 is 0. The summed E-state index contributed by atoms with van der Waals surface area (Å²) in [5, 5.41) is 6.68. The molecule has 1 aliphatic rings. The molecular formula is C15H18N4O. The van der Waals surface area contributed by atoms with E-state index in [4.69, 9.17) is 0 Å². The van der Waals surface area contributed by atoms with Gasteiger partial charge < -0.3 is 4.90 Å². The summed E-state index contributed by atoms with van der Waals surface area (Å²) in [6.45, 7) is 1.79. The number of hydrogen-bond acceptors (Lipinski definition) is 3. The smallest absolute Gasteiger partial charge is 0.293 e. The summed E-state index contributed by atoms with van der Waals surface area (Å²) in [7, 11) is 1.83. The van der Waals surface area contributed by atoms with Gasteiger partial charge in [0.2, 0.25) is 5.82 Å². The number of benzene rings is 1. The lowest BCUT2D eigenvalue weighted by Gasteiger charge is -2.32. The summed E-state index contributed by atoms with van der Waals surface area (Å²) in [4.78, 5) is 18.3. The number of amides is 1. The van der Waals surface area contributed by atoms with E-state index in [1.165, 1.54) is 11.1 Å². The van der Waals surface area contributed by atoms with Gasteiger partial charge in [0.25, 0.3) is 5.91 Å². The topological polar surface area (TPSA) is 61.9 Å². The SMILES string of the molecule is Cc1nc(C(=O)N(C)C2CCCc3ccccc32)n[nH]1. The van der Waals surface area contributed by atoms with Crippen LogP contribution in [0.15, 0.2) is 24.3 Å². The predicted molar refractivity (Wildman–Crippen MR) is 75.3 cm³/mol. The lowest BCUT2D eigenvalue weighted by Crippen LogP contribution is -2.34. The molecule has 3 rings (SSSR count). The number of nitrogens with zero attached hydrogens (tertiary/aromatic N) is 3. The Labute approximate surface area is 118 Å². The van der Waals surface area contributed by atoms with Crippen molar-refractivity contribution in [1.29, 1.82) is 0 Å². The van der Waals surface area contributed by atoms with E-state index in [-0.39, 0.29) is 17.8 Å². The van der Waals surface area contributed by atoms with Crippen molar-refractivity contribution in [3.63, 3.8) is 0 Å². The first kappa shape index (κ1) is 12.8. The van der Waals surface area contributed by atoms with Gasteiger partial charge in [0.15, 0.2) is 0 Å². The number of H-pyrrole nitrogens is 1. The van der Waals surface area contributed by atoms with Crippen LogP contribution in [0, 0.1) is 6.92 Å². The highest BCUT2D eigenvalue weighted by atomic mass is 16.2. The second-order valence-electron chi connectivity index (χ2n) is 5.27. The zero-order chi connectivity index (χ0) is 14.1. The van der Waals surface area contributed by atoms with Crippen LogP contribution >= 0.6 is 0 Å². The molecule has 1 N–H and O–H groups in total. The standard InChI is InChI=1S/C15H18N4O/c1-10-16-14(18-17-10)15(20)19(2)13-9-5-7-11-6-3-4-8-12(11)13/h3-4,6,8,13H,5,7,9H2,1-2H3,(H,16,17,18). The Hall–Kier alpha value is -2.17. The number of carbonyl (C=O) groups is 1. The van der Waals surface area contributed by atoms with Gasteiger partial charge >= 0.3 is 0 Å². The lowest BCUT2D eigenvalue weighted by molar-refractivity contribution is 0.0703. The molecule has 5 nitrogen and oxygen atoms in total. The van der Waals surface area contributed by atoms with Crippen molar-refractivity contribution in [2.75, 3.05) is 7.05 Å². The Balaban J connectivity index is 1.88. The molecule has 1 atom stereocenters. The molecule has 1 aromatic heterocycles. The van der Waals surface area contributed by atoms with Gasteiger partial charge in [0.05, 0.1) is 6.04 Å². The molecule has 1 amide bonds. The monoisotopic (exact) mass is 270 g/mol. The molecule has 1 aromatic carbocycles. The maximum Gasteiger partial charge on any atom is 0.293 e. The van der Waals surface area contributed by atoms with E-state index >= 15 is 0 Å². The quantitative estimate of drug-likeness (QED) is 0.910. The van der Waals surface area contributed by atoms with Gasteiger partial charge in [-0.2, -0.15) is 0 Å². The highest BCUT2D eigenvalue weighted by Crippen LogP contribution is 2.33. The highest BCUT2D eigenvalue weighted by molar-refractivity contribution is 5.90. The molecule has 2 aromatic rings. The molecule has 0 saturated carbocycles. The van der Waals surface area contributed by atoms with Crippen molar-refractivity contribution in [3.05, 3.63) is 47.0 Å². The van der Waals surface area contributed by atoms with Crippen LogP contribution in [0.3, 0.4) is 0 Å². The van der Waals surface area contributed by atoms with Crippen LogP contribution in [-0.2, 0) is 6.42 Å². The molecule has 5 heteroatoms. The third kappa shape index (κ3) is 2.19. The molecule has 0 spiro atoms. The van der Waals surface area contributed by atoms with Crippen molar-refractivity contribution >= 4 is 5.91 Å². The molecule has 0 fully saturated rings. The normalized spacial score (nSPS) is 17.6. The highest BCUT2D eigenvalue weighted by Gasteiger charge is 2.28. The number of fused-ring (bicyclic) bond motifs is 1. The van der Waals surface area contributed by atoms with Crippen molar-refractivity contribution in [2.24, 2.45) is 0 Å². The van der Waals surface area contributed by atoms with Crippen LogP contribution < -0.4 is 0 Å². The Kier molecular flexibility index (Phi) is 3.26. The van der Waals surface area contributed by atoms with Gasteiger partial charge in [-0.3, -0.25) is 9.89 Å². The van der Waals surface area contributed by atoms with Crippen LogP contribution in [-0.4, -0.2) is 33.0 Å². The summed E-state index contributed by atoms with van der Waals surface area (Å²) in [6, 6.07) is 8.48. The van der Waals surface area contributed by atoms with Gasteiger partial charge in [-0.1, -0.05) is 24.3 Å². The van der Waals surface area contributed by atoms with E-state index in [0.29, 0.717) is 5.82 Å². The maximum atomic E-state index is 12.4. The molecular weight excluding hydrogens is 252 g/mol. The molecule has 20 heavy (non-hydrogen) atoms. The largest absolute Gasteiger partial charge is 0.332 e. The molecule has 1 heterocycles. The number of rotatable bonds is 2. The van der Waals surface area contributed by atoms with Crippen LogP contribution in [0.4, 0.5) is 0 Å². The minimum Gasteiger partial charge on any atom is -0.332 e. The zero-order valence-corrected chi connectivity index (χ0v) is 11.8. The average molecular weight is 270 g/mol. The fourth-order valence-electron chi connectivity index (χ4n) is 2.87. The Morgan fingerprint density at radius 2 is 2.20 bits per heavy atom. The third-order valence-corrected chi connectivity index (χ3v) is 3.91. The summed E-state index contributed by atoms with van der Waals surface area (Å²) in [6.07, 6.45) is 3.18. The van der Waals surface area contributed by atoms with E-state index in [0.717, 1.165) is 19.3 Å². The Bertz CT molecular complexity index is 634. The fourth-order valence-corrected chi connectivity index (χ4v) is 2.87. The minimum atomic E-state index is -0.129. The molecule has 1 unspecified atom stereocenters. The van der Waals surface area contributed by atoms with Crippen LogP contribution in [0.25, 0.3) is 0 Å². The second-order valence-corrected chi connectivity index (χ2v) is 5.27. The number of hydrogen-bond donors (Lipinski definition) is 1. The maximum absolute atomic E-state index is 12.4. The first-order chi connectivity index (χ1) is 9.66. The van der Waals surface area contributed by atoms with Crippen LogP contribution in [0.2, 0.25) is 0 Å². The van der Waals surface area contributed by atoms with Crippen molar-refractivity contribution < 1.29 is 4.79 Å². The van der Waals surface area contributed by atoms with Gasteiger partial charge in [-0.15, -0.1) is 5.10 Å². The summed E-state index contributed by atoms with van der Waals surface area (Å²) < 4.78 is 0. The van der Waals surface area contributed by atoms with Crippen LogP contribution in [0.5, 0.6) is 0 Å². The van der Waals surface area contributed by atoms with Crippen molar-refractivity contribution in [1.82, 2.24) is 20.1 Å². The van der Waals surface area contributed by atoms with Gasteiger partial charge in [-0.05, 0) is 37.3 Å². The van der Waals surface area contributed by atoms with Crippen LogP contribution in [0.1, 0.15) is 46.5 Å². The molecule has 1 aliphatic carbocycles.